The first kappa shape index (κ1) is 15.0. The summed E-state index contributed by atoms with van der Waals surface area (Å²) in [7, 11) is -3.65. The molecule has 0 spiro atoms. The third kappa shape index (κ3) is 3.82. The first-order chi connectivity index (χ1) is 9.91. The van der Waals surface area contributed by atoms with Crippen LogP contribution >= 0.6 is 0 Å². The van der Waals surface area contributed by atoms with E-state index in [9.17, 15) is 13.2 Å². The molecule has 0 aliphatic heterocycles. The second-order valence-electron chi connectivity index (χ2n) is 4.49. The van der Waals surface area contributed by atoms with Crippen LogP contribution in [0.25, 0.3) is 0 Å². The number of aromatic nitrogens is 2. The molecule has 3 N–H and O–H groups in total. The van der Waals surface area contributed by atoms with Gasteiger partial charge in [-0.1, -0.05) is 19.1 Å². The molecule has 0 bridgehead atoms. The van der Waals surface area contributed by atoms with Crippen molar-refractivity contribution in [3.8, 4) is 0 Å². The third-order valence-electron chi connectivity index (χ3n) is 2.89. The average molecular weight is 309 g/mol. The summed E-state index contributed by atoms with van der Waals surface area (Å²) in [5, 5.41) is 15.3. The van der Waals surface area contributed by atoms with Crippen molar-refractivity contribution in [1.82, 2.24) is 10.2 Å². The number of carboxylic acid groups (broad SMARTS) is 1. The number of benzene rings is 1. The van der Waals surface area contributed by atoms with Crippen molar-refractivity contribution in [1.29, 1.82) is 0 Å². The molecule has 0 unspecified atom stereocenters. The number of H-pyrrole nitrogens is 1. The first-order valence-electron chi connectivity index (χ1n) is 6.26. The normalized spacial score (nSPS) is 11.3. The summed E-state index contributed by atoms with van der Waals surface area (Å²) in [6.07, 6.45) is 2.20. The van der Waals surface area contributed by atoms with Crippen molar-refractivity contribution < 1.29 is 18.3 Å². The van der Waals surface area contributed by atoms with Gasteiger partial charge in [0.2, 0.25) is 10.0 Å². The van der Waals surface area contributed by atoms with Gasteiger partial charge in [-0.25, -0.2) is 13.2 Å². The lowest BCUT2D eigenvalue weighted by atomic mass is 10.1. The zero-order valence-corrected chi connectivity index (χ0v) is 12.1. The minimum absolute atomic E-state index is 0.0542. The maximum atomic E-state index is 12.1. The Morgan fingerprint density at radius 1 is 1.43 bits per heavy atom. The van der Waals surface area contributed by atoms with Crippen LogP contribution in [0.5, 0.6) is 0 Å². The minimum Gasteiger partial charge on any atom is -0.478 e. The molecular formula is C13H15N3O4S. The van der Waals surface area contributed by atoms with Gasteiger partial charge in [0.1, 0.15) is 5.82 Å². The molecule has 0 saturated carbocycles. The lowest BCUT2D eigenvalue weighted by Gasteiger charge is -2.08. The maximum absolute atomic E-state index is 12.1. The van der Waals surface area contributed by atoms with Gasteiger partial charge >= 0.3 is 5.97 Å². The van der Waals surface area contributed by atoms with Crippen LogP contribution in [0.15, 0.2) is 30.5 Å². The van der Waals surface area contributed by atoms with Gasteiger partial charge in [0.15, 0.2) is 0 Å². The molecule has 0 aliphatic carbocycles. The van der Waals surface area contributed by atoms with Crippen molar-refractivity contribution in [3.05, 3.63) is 47.2 Å². The molecule has 2 rings (SSSR count). The molecule has 0 aliphatic rings. The number of sulfonamides is 1. The van der Waals surface area contributed by atoms with E-state index in [0.717, 1.165) is 5.56 Å². The fourth-order valence-corrected chi connectivity index (χ4v) is 3.05. The van der Waals surface area contributed by atoms with E-state index < -0.39 is 16.0 Å². The quantitative estimate of drug-likeness (QED) is 0.750. The number of carboxylic acids is 1. The topological polar surface area (TPSA) is 112 Å². The molecule has 7 nitrogen and oxygen atoms in total. The molecule has 1 aromatic carbocycles. The van der Waals surface area contributed by atoms with E-state index in [1.165, 1.54) is 18.2 Å². The summed E-state index contributed by atoms with van der Waals surface area (Å²) < 4.78 is 26.6. The van der Waals surface area contributed by atoms with Gasteiger partial charge in [-0.2, -0.15) is 5.10 Å². The van der Waals surface area contributed by atoms with Crippen molar-refractivity contribution >= 4 is 21.8 Å². The van der Waals surface area contributed by atoms with Gasteiger partial charge in [0.05, 0.1) is 17.5 Å². The molecule has 8 heteroatoms. The van der Waals surface area contributed by atoms with Crippen molar-refractivity contribution in [2.24, 2.45) is 0 Å². The Balaban J connectivity index is 2.18. The van der Waals surface area contributed by atoms with Gasteiger partial charge in [0.25, 0.3) is 0 Å². The van der Waals surface area contributed by atoms with E-state index in [4.69, 9.17) is 5.11 Å². The maximum Gasteiger partial charge on any atom is 0.335 e. The molecule has 0 amide bonds. The molecule has 112 valence electrons. The molecule has 0 saturated heterocycles. The van der Waals surface area contributed by atoms with E-state index in [1.807, 2.05) is 6.92 Å². The lowest BCUT2D eigenvalue weighted by molar-refractivity contribution is 0.0696. The van der Waals surface area contributed by atoms with Crippen molar-refractivity contribution in [2.45, 2.75) is 19.1 Å². The number of aromatic amines is 1. The van der Waals surface area contributed by atoms with Crippen LogP contribution < -0.4 is 4.72 Å². The van der Waals surface area contributed by atoms with Crippen LogP contribution in [0.3, 0.4) is 0 Å². The first-order valence-corrected chi connectivity index (χ1v) is 7.91. The van der Waals surface area contributed by atoms with Crippen LogP contribution in [0.2, 0.25) is 0 Å². The Bertz CT molecular complexity index is 752. The number of hydrogen-bond donors (Lipinski definition) is 3. The van der Waals surface area contributed by atoms with Crippen LogP contribution in [-0.2, 0) is 22.2 Å². The number of anilines is 1. The number of aromatic carboxylic acids is 1. The van der Waals surface area contributed by atoms with E-state index in [1.54, 1.807) is 12.3 Å². The van der Waals surface area contributed by atoms with Crippen LogP contribution in [-0.4, -0.2) is 29.7 Å². The van der Waals surface area contributed by atoms with Gasteiger partial charge in [-0.05, 0) is 24.1 Å². The SMILES string of the molecule is CCc1cn[nH]c1NS(=O)(=O)Cc1cccc(C(=O)O)c1. The Morgan fingerprint density at radius 3 is 2.86 bits per heavy atom. The highest BCUT2D eigenvalue weighted by Gasteiger charge is 2.15. The standard InChI is InChI=1S/C13H15N3O4S/c1-2-10-7-14-15-12(10)16-21(19,20)8-9-4-3-5-11(6-9)13(17)18/h3-7H,2,8H2,1H3,(H,17,18)(H2,14,15,16). The largest absolute Gasteiger partial charge is 0.478 e. The van der Waals surface area contributed by atoms with Gasteiger partial charge in [0, 0.05) is 5.56 Å². The summed E-state index contributed by atoms with van der Waals surface area (Å²) in [6, 6.07) is 5.84. The van der Waals surface area contributed by atoms with E-state index in [2.05, 4.69) is 14.9 Å². The Hall–Kier alpha value is -2.35. The second-order valence-corrected chi connectivity index (χ2v) is 6.21. The molecule has 0 radical (unpaired) electrons. The Morgan fingerprint density at radius 2 is 2.19 bits per heavy atom. The monoisotopic (exact) mass is 309 g/mol. The molecular weight excluding hydrogens is 294 g/mol. The molecule has 0 atom stereocenters. The summed E-state index contributed by atoms with van der Waals surface area (Å²) in [5.41, 5.74) is 1.22. The molecule has 0 fully saturated rings. The number of nitrogens with one attached hydrogen (secondary N) is 2. The number of carbonyl (C=O) groups is 1. The summed E-state index contributed by atoms with van der Waals surface area (Å²) in [4.78, 5) is 10.9. The van der Waals surface area contributed by atoms with Crippen LogP contribution in [0.4, 0.5) is 5.82 Å². The van der Waals surface area contributed by atoms with Crippen molar-refractivity contribution in [2.75, 3.05) is 4.72 Å². The summed E-state index contributed by atoms with van der Waals surface area (Å²) >= 11 is 0. The molecule has 1 aromatic heterocycles. The minimum atomic E-state index is -3.65. The van der Waals surface area contributed by atoms with E-state index >= 15 is 0 Å². The molecule has 1 heterocycles. The van der Waals surface area contributed by atoms with Gasteiger partial charge in [-0.3, -0.25) is 9.82 Å². The van der Waals surface area contributed by atoms with Crippen LogP contribution in [0, 0.1) is 0 Å². The third-order valence-corrected chi connectivity index (χ3v) is 4.12. The smallest absolute Gasteiger partial charge is 0.335 e. The number of aryl methyl sites for hydroxylation is 1. The molecule has 2 aromatic rings. The van der Waals surface area contributed by atoms with Crippen molar-refractivity contribution in [3.63, 3.8) is 0 Å². The zero-order valence-electron chi connectivity index (χ0n) is 11.3. The number of hydrogen-bond acceptors (Lipinski definition) is 4. The van der Waals surface area contributed by atoms with E-state index in [-0.39, 0.29) is 11.3 Å². The average Bonchev–Trinajstić information content (AvgIpc) is 2.84. The highest BCUT2D eigenvalue weighted by atomic mass is 32.2. The highest BCUT2D eigenvalue weighted by Crippen LogP contribution is 2.16. The molecule has 21 heavy (non-hydrogen) atoms. The lowest BCUT2D eigenvalue weighted by Crippen LogP contribution is -2.16. The van der Waals surface area contributed by atoms with E-state index in [0.29, 0.717) is 17.8 Å². The fraction of sp³-hybridized carbons (Fsp3) is 0.231. The fourth-order valence-electron chi connectivity index (χ4n) is 1.87. The summed E-state index contributed by atoms with van der Waals surface area (Å²) in [6.45, 7) is 1.89. The second kappa shape index (κ2) is 5.96. The Labute approximate surface area is 122 Å². The zero-order chi connectivity index (χ0) is 15.5. The number of rotatable bonds is 6. The predicted octanol–water partition coefficient (Wildman–Crippen LogP) is 1.61. The van der Waals surface area contributed by atoms with Gasteiger partial charge < -0.3 is 5.11 Å². The summed E-state index contributed by atoms with van der Waals surface area (Å²) in [5.74, 6) is -1.06. The van der Waals surface area contributed by atoms with Crippen LogP contribution in [0.1, 0.15) is 28.4 Å². The number of nitrogens with zero attached hydrogens (tertiary/aromatic N) is 1. The predicted molar refractivity (Wildman–Crippen MR) is 77.6 cm³/mol. The highest BCUT2D eigenvalue weighted by molar-refractivity contribution is 7.91. The van der Waals surface area contributed by atoms with Gasteiger partial charge in [-0.15, -0.1) is 0 Å². The Kier molecular flexibility index (Phi) is 4.27.